The zero-order chi connectivity index (χ0) is 19.6. The molecular formula is C18H11Cl3N2O4. The molecule has 138 valence electrons. The van der Waals surface area contributed by atoms with E-state index in [0.29, 0.717) is 5.02 Å². The van der Waals surface area contributed by atoms with E-state index in [4.69, 9.17) is 44.1 Å². The topological polar surface area (TPSA) is 81.4 Å². The quantitative estimate of drug-likeness (QED) is 0.571. The van der Waals surface area contributed by atoms with Gasteiger partial charge in [0.2, 0.25) is 5.88 Å². The number of hydrogen-bond acceptors (Lipinski definition) is 5. The number of amides is 1. The summed E-state index contributed by atoms with van der Waals surface area (Å²) in [5.74, 6) is -1.52. The molecule has 6 nitrogen and oxygen atoms in total. The maximum atomic E-state index is 12.4. The average Bonchev–Trinajstić information content (AvgIpc) is 3.04. The number of halogens is 3. The number of carbonyl (C=O) groups is 2. The van der Waals surface area contributed by atoms with Gasteiger partial charge in [-0.15, -0.1) is 0 Å². The van der Waals surface area contributed by atoms with Gasteiger partial charge in [-0.05, 0) is 30.3 Å². The summed E-state index contributed by atoms with van der Waals surface area (Å²) in [4.78, 5) is 24.8. The molecule has 1 heterocycles. The zero-order valence-corrected chi connectivity index (χ0v) is 16.0. The molecule has 3 rings (SSSR count). The lowest BCUT2D eigenvalue weighted by atomic mass is 10.1. The summed E-state index contributed by atoms with van der Waals surface area (Å²) >= 11 is 18.3. The van der Waals surface area contributed by atoms with Crippen molar-refractivity contribution in [3.63, 3.8) is 0 Å². The van der Waals surface area contributed by atoms with Crippen LogP contribution in [0.25, 0.3) is 11.3 Å². The lowest BCUT2D eigenvalue weighted by molar-refractivity contribution is 0.0602. The van der Waals surface area contributed by atoms with Crippen LogP contribution in [-0.2, 0) is 4.74 Å². The third-order valence-corrected chi connectivity index (χ3v) is 4.46. The molecule has 1 N–H and O–H groups in total. The van der Waals surface area contributed by atoms with Crippen LogP contribution in [0.3, 0.4) is 0 Å². The number of ether oxygens (including phenoxy) is 1. The summed E-state index contributed by atoms with van der Waals surface area (Å²) in [6.45, 7) is 0. The van der Waals surface area contributed by atoms with Crippen LogP contribution in [0.5, 0.6) is 0 Å². The van der Waals surface area contributed by atoms with Gasteiger partial charge in [-0.25, -0.2) is 4.79 Å². The fourth-order valence-electron chi connectivity index (χ4n) is 2.37. The Labute approximate surface area is 169 Å². The second-order valence-corrected chi connectivity index (χ2v) is 6.54. The highest BCUT2D eigenvalue weighted by molar-refractivity contribution is 6.39. The maximum absolute atomic E-state index is 12.4. The molecule has 0 saturated heterocycles. The van der Waals surface area contributed by atoms with E-state index in [2.05, 4.69) is 10.5 Å². The molecule has 0 aliphatic carbocycles. The van der Waals surface area contributed by atoms with Gasteiger partial charge in [0.1, 0.15) is 5.69 Å². The van der Waals surface area contributed by atoms with Gasteiger partial charge >= 0.3 is 5.97 Å². The summed E-state index contributed by atoms with van der Waals surface area (Å²) in [6.07, 6.45) is 0. The fraction of sp³-hybridized carbons (Fsp3) is 0.0556. The van der Waals surface area contributed by atoms with Gasteiger partial charge in [-0.2, -0.15) is 0 Å². The van der Waals surface area contributed by atoms with Crippen LogP contribution in [-0.4, -0.2) is 24.1 Å². The second-order valence-electron chi connectivity index (χ2n) is 5.29. The van der Waals surface area contributed by atoms with Crippen LogP contribution in [0.2, 0.25) is 15.1 Å². The molecule has 1 amide bonds. The molecule has 0 saturated carbocycles. The predicted octanol–water partition coefficient (Wildman–Crippen LogP) is 5.34. The second kappa shape index (κ2) is 8.00. The first kappa shape index (κ1) is 19.2. The molecule has 0 atom stereocenters. The number of nitrogens with one attached hydrogen (secondary N) is 1. The lowest BCUT2D eigenvalue weighted by Crippen LogP contribution is -2.14. The molecular weight excluding hydrogens is 415 g/mol. The first-order chi connectivity index (χ1) is 12.9. The monoisotopic (exact) mass is 424 g/mol. The van der Waals surface area contributed by atoms with E-state index in [-0.39, 0.29) is 38.3 Å². The summed E-state index contributed by atoms with van der Waals surface area (Å²) in [5.41, 5.74) is 0.502. The largest absolute Gasteiger partial charge is 0.465 e. The van der Waals surface area contributed by atoms with E-state index in [1.54, 1.807) is 36.4 Å². The van der Waals surface area contributed by atoms with Crippen molar-refractivity contribution in [1.82, 2.24) is 5.16 Å². The van der Waals surface area contributed by atoms with Gasteiger partial charge < -0.3 is 9.26 Å². The summed E-state index contributed by atoms with van der Waals surface area (Å²) in [6, 6.07) is 11.1. The van der Waals surface area contributed by atoms with Crippen molar-refractivity contribution in [2.75, 3.05) is 12.4 Å². The zero-order valence-electron chi connectivity index (χ0n) is 13.8. The molecule has 3 aromatic rings. The van der Waals surface area contributed by atoms with Crippen molar-refractivity contribution in [3.05, 3.63) is 68.7 Å². The number of esters is 1. The molecule has 0 aliphatic rings. The average molecular weight is 426 g/mol. The normalized spacial score (nSPS) is 10.5. The number of methoxy groups -OCH3 is 1. The van der Waals surface area contributed by atoms with Gasteiger partial charge in [-0.3, -0.25) is 10.1 Å². The van der Waals surface area contributed by atoms with Crippen molar-refractivity contribution in [2.45, 2.75) is 0 Å². The SMILES string of the molecule is COC(=O)c1c(-c2c(Cl)cccc2Cl)noc1NC(=O)c1cccc(Cl)c1. The van der Waals surface area contributed by atoms with E-state index in [0.717, 1.165) is 0 Å². The third kappa shape index (κ3) is 3.93. The maximum Gasteiger partial charge on any atom is 0.345 e. The molecule has 0 aliphatic heterocycles. The van der Waals surface area contributed by atoms with Gasteiger partial charge in [0.25, 0.3) is 5.91 Å². The number of anilines is 1. The highest BCUT2D eigenvalue weighted by atomic mass is 35.5. The van der Waals surface area contributed by atoms with E-state index >= 15 is 0 Å². The minimum atomic E-state index is -0.774. The molecule has 2 aromatic carbocycles. The van der Waals surface area contributed by atoms with Crippen LogP contribution in [0.15, 0.2) is 47.0 Å². The number of rotatable bonds is 4. The van der Waals surface area contributed by atoms with Gasteiger partial charge in [0.05, 0.1) is 17.2 Å². The van der Waals surface area contributed by atoms with E-state index in [9.17, 15) is 9.59 Å². The molecule has 0 fully saturated rings. The van der Waals surface area contributed by atoms with Crippen molar-refractivity contribution < 1.29 is 18.8 Å². The van der Waals surface area contributed by atoms with Gasteiger partial charge in [-0.1, -0.05) is 52.1 Å². The van der Waals surface area contributed by atoms with Gasteiger partial charge in [0.15, 0.2) is 5.56 Å². The van der Waals surface area contributed by atoms with Crippen LogP contribution >= 0.6 is 34.8 Å². The minimum absolute atomic E-state index is 0.0545. The Bertz CT molecular complexity index is 1010. The number of nitrogens with zero attached hydrogens (tertiary/aromatic N) is 1. The molecule has 0 unspecified atom stereocenters. The fourth-order valence-corrected chi connectivity index (χ4v) is 3.13. The van der Waals surface area contributed by atoms with Crippen molar-refractivity contribution in [1.29, 1.82) is 0 Å². The first-order valence-corrected chi connectivity index (χ1v) is 8.65. The Balaban J connectivity index is 2.06. The molecule has 0 bridgehead atoms. The standard InChI is InChI=1S/C18H11Cl3N2O4/c1-26-18(25)14-15(13-11(20)6-3-7-12(13)21)23-27-17(14)22-16(24)9-4-2-5-10(19)8-9/h2-8H,1H3,(H,22,24). The summed E-state index contributed by atoms with van der Waals surface area (Å²) in [7, 11) is 1.19. The van der Waals surface area contributed by atoms with E-state index < -0.39 is 11.9 Å². The van der Waals surface area contributed by atoms with Crippen LogP contribution in [0.4, 0.5) is 5.88 Å². The van der Waals surface area contributed by atoms with Crippen LogP contribution in [0.1, 0.15) is 20.7 Å². The highest BCUT2D eigenvalue weighted by Gasteiger charge is 2.28. The van der Waals surface area contributed by atoms with E-state index in [1.807, 2.05) is 0 Å². The van der Waals surface area contributed by atoms with Crippen molar-refractivity contribution in [2.24, 2.45) is 0 Å². The number of aromatic nitrogens is 1. The third-order valence-electron chi connectivity index (χ3n) is 3.60. The van der Waals surface area contributed by atoms with Crippen LogP contribution < -0.4 is 5.32 Å². The predicted molar refractivity (Wildman–Crippen MR) is 103 cm³/mol. The summed E-state index contributed by atoms with van der Waals surface area (Å²) < 4.78 is 9.96. The molecule has 27 heavy (non-hydrogen) atoms. The Hall–Kier alpha value is -2.54. The first-order valence-electron chi connectivity index (χ1n) is 7.51. The Morgan fingerprint density at radius 1 is 1.07 bits per heavy atom. The number of hydrogen-bond donors (Lipinski definition) is 1. The van der Waals surface area contributed by atoms with E-state index in [1.165, 1.54) is 13.2 Å². The molecule has 0 radical (unpaired) electrons. The van der Waals surface area contributed by atoms with Gasteiger partial charge in [0, 0.05) is 16.1 Å². The lowest BCUT2D eigenvalue weighted by Gasteiger charge is -2.07. The minimum Gasteiger partial charge on any atom is -0.465 e. The highest BCUT2D eigenvalue weighted by Crippen LogP contribution is 2.38. The van der Waals surface area contributed by atoms with Crippen molar-refractivity contribution in [3.8, 4) is 11.3 Å². The Morgan fingerprint density at radius 3 is 2.37 bits per heavy atom. The Morgan fingerprint density at radius 2 is 1.74 bits per heavy atom. The Kier molecular flexibility index (Phi) is 5.70. The molecule has 1 aromatic heterocycles. The van der Waals surface area contributed by atoms with Crippen LogP contribution in [0, 0.1) is 0 Å². The number of benzene rings is 2. The summed E-state index contributed by atoms with van der Waals surface area (Å²) in [5, 5.41) is 7.24. The number of carbonyl (C=O) groups excluding carboxylic acids is 2. The van der Waals surface area contributed by atoms with Crippen molar-refractivity contribution >= 4 is 52.6 Å². The molecule has 0 spiro atoms. The smallest absolute Gasteiger partial charge is 0.345 e. The molecule has 9 heteroatoms.